The minimum atomic E-state index is -0.190. The molecule has 1 aromatic heterocycles. The highest BCUT2D eigenvalue weighted by atomic mass is 35.5. The highest BCUT2D eigenvalue weighted by Crippen LogP contribution is 2.18. The summed E-state index contributed by atoms with van der Waals surface area (Å²) in [5, 5.41) is 6.89. The van der Waals surface area contributed by atoms with Crippen molar-refractivity contribution in [3.8, 4) is 0 Å². The van der Waals surface area contributed by atoms with Gasteiger partial charge >= 0.3 is 0 Å². The topological polar surface area (TPSA) is 63.5 Å². The van der Waals surface area contributed by atoms with Gasteiger partial charge in [-0.05, 0) is 12.1 Å². The minimum Gasteiger partial charge on any atom is -0.451 e. The molecule has 2 rings (SSSR count). The molecule has 0 saturated carbocycles. The molecular formula is C14H19ClN2O3. The molecule has 2 aromatic rings. The van der Waals surface area contributed by atoms with E-state index in [9.17, 15) is 4.79 Å². The monoisotopic (exact) mass is 298 g/mol. The Bertz CT molecular complexity index is 509. The summed E-state index contributed by atoms with van der Waals surface area (Å²) in [7, 11) is 1.66. The molecule has 1 heterocycles. The fourth-order valence-corrected chi connectivity index (χ4v) is 1.74. The first-order valence-electron chi connectivity index (χ1n) is 6.27. The van der Waals surface area contributed by atoms with Crippen LogP contribution in [0.5, 0.6) is 0 Å². The summed E-state index contributed by atoms with van der Waals surface area (Å²) in [6, 6.07) is 9.32. The number of ether oxygens (including phenoxy) is 1. The quantitative estimate of drug-likeness (QED) is 0.766. The SMILES string of the molecule is COCCNCCNC(=O)c1cc2ccccc2o1.Cl. The van der Waals surface area contributed by atoms with Gasteiger partial charge in [-0.2, -0.15) is 0 Å². The number of fused-ring (bicyclic) bond motifs is 1. The van der Waals surface area contributed by atoms with Crippen molar-refractivity contribution in [1.29, 1.82) is 0 Å². The van der Waals surface area contributed by atoms with Crippen molar-refractivity contribution >= 4 is 29.3 Å². The number of hydrogen-bond acceptors (Lipinski definition) is 4. The van der Waals surface area contributed by atoms with Gasteiger partial charge in [-0.25, -0.2) is 0 Å². The van der Waals surface area contributed by atoms with Crippen LogP contribution in [-0.2, 0) is 4.74 Å². The number of benzene rings is 1. The molecule has 0 fully saturated rings. The van der Waals surface area contributed by atoms with E-state index in [1.165, 1.54) is 0 Å². The standard InChI is InChI=1S/C14H18N2O3.ClH/c1-18-9-8-15-6-7-16-14(17)13-10-11-4-2-3-5-12(11)19-13;/h2-5,10,15H,6-9H2,1H3,(H,16,17);1H. The van der Waals surface area contributed by atoms with E-state index in [0.29, 0.717) is 25.5 Å². The van der Waals surface area contributed by atoms with Crippen LogP contribution in [-0.4, -0.2) is 39.3 Å². The summed E-state index contributed by atoms with van der Waals surface area (Å²) in [6.07, 6.45) is 0. The predicted octanol–water partition coefficient (Wildman–Crippen LogP) is 1.82. The van der Waals surface area contributed by atoms with Gasteiger partial charge in [0.2, 0.25) is 0 Å². The lowest BCUT2D eigenvalue weighted by molar-refractivity contribution is 0.0928. The van der Waals surface area contributed by atoms with Gasteiger partial charge in [-0.3, -0.25) is 4.79 Å². The summed E-state index contributed by atoms with van der Waals surface area (Å²) in [5.41, 5.74) is 0.728. The summed E-state index contributed by atoms with van der Waals surface area (Å²) >= 11 is 0. The first-order valence-corrected chi connectivity index (χ1v) is 6.27. The van der Waals surface area contributed by atoms with E-state index < -0.39 is 0 Å². The van der Waals surface area contributed by atoms with Gasteiger partial charge in [0.1, 0.15) is 5.58 Å². The van der Waals surface area contributed by atoms with Crippen LogP contribution in [0.15, 0.2) is 34.7 Å². The Balaban J connectivity index is 0.00000200. The molecule has 0 unspecified atom stereocenters. The van der Waals surface area contributed by atoms with Crippen LogP contribution in [0.25, 0.3) is 11.0 Å². The zero-order chi connectivity index (χ0) is 13.5. The number of furan rings is 1. The Kier molecular flexibility index (Phi) is 7.08. The lowest BCUT2D eigenvalue weighted by atomic mass is 10.2. The van der Waals surface area contributed by atoms with Gasteiger partial charge in [-0.1, -0.05) is 18.2 Å². The van der Waals surface area contributed by atoms with Gasteiger partial charge < -0.3 is 19.8 Å². The largest absolute Gasteiger partial charge is 0.451 e. The molecule has 110 valence electrons. The molecule has 0 aliphatic rings. The zero-order valence-corrected chi connectivity index (χ0v) is 12.2. The molecule has 2 N–H and O–H groups in total. The normalized spacial score (nSPS) is 10.2. The summed E-state index contributed by atoms with van der Waals surface area (Å²) in [6.45, 7) is 2.70. The average Bonchev–Trinajstić information content (AvgIpc) is 2.86. The van der Waals surface area contributed by atoms with Gasteiger partial charge in [0.25, 0.3) is 5.91 Å². The Hall–Kier alpha value is -1.56. The molecule has 1 aromatic carbocycles. The summed E-state index contributed by atoms with van der Waals surface area (Å²) in [5.74, 6) is 0.155. The van der Waals surface area contributed by atoms with E-state index in [-0.39, 0.29) is 18.3 Å². The van der Waals surface area contributed by atoms with Crippen LogP contribution < -0.4 is 10.6 Å². The van der Waals surface area contributed by atoms with Crippen LogP contribution in [0.2, 0.25) is 0 Å². The Morgan fingerprint density at radius 3 is 2.80 bits per heavy atom. The third-order valence-corrected chi connectivity index (χ3v) is 2.72. The van der Waals surface area contributed by atoms with Crippen molar-refractivity contribution < 1.29 is 13.9 Å². The number of rotatable bonds is 7. The van der Waals surface area contributed by atoms with E-state index in [2.05, 4.69) is 10.6 Å². The fraction of sp³-hybridized carbons (Fsp3) is 0.357. The van der Waals surface area contributed by atoms with Crippen LogP contribution in [0.3, 0.4) is 0 Å². The van der Waals surface area contributed by atoms with Crippen molar-refractivity contribution in [2.24, 2.45) is 0 Å². The first kappa shape index (κ1) is 16.5. The smallest absolute Gasteiger partial charge is 0.287 e. The van der Waals surface area contributed by atoms with E-state index in [1.54, 1.807) is 13.2 Å². The second kappa shape index (κ2) is 8.58. The lowest BCUT2D eigenvalue weighted by Gasteiger charge is -2.04. The first-order chi connectivity index (χ1) is 9.31. The third-order valence-electron chi connectivity index (χ3n) is 2.72. The van der Waals surface area contributed by atoms with Crippen molar-refractivity contribution in [2.75, 3.05) is 33.4 Å². The molecule has 0 radical (unpaired) electrons. The maximum Gasteiger partial charge on any atom is 0.287 e. The molecule has 0 bridgehead atoms. The Morgan fingerprint density at radius 1 is 1.25 bits per heavy atom. The number of carbonyl (C=O) groups excluding carboxylic acids is 1. The molecule has 0 aliphatic heterocycles. The molecule has 0 aliphatic carbocycles. The molecule has 6 heteroatoms. The summed E-state index contributed by atoms with van der Waals surface area (Å²) < 4.78 is 10.4. The highest BCUT2D eigenvalue weighted by molar-refractivity contribution is 5.96. The zero-order valence-electron chi connectivity index (χ0n) is 11.3. The highest BCUT2D eigenvalue weighted by Gasteiger charge is 2.10. The van der Waals surface area contributed by atoms with Crippen LogP contribution in [0, 0.1) is 0 Å². The van der Waals surface area contributed by atoms with Gasteiger partial charge in [0.05, 0.1) is 6.61 Å². The number of carbonyl (C=O) groups is 1. The Labute approximate surface area is 124 Å². The number of halogens is 1. The molecule has 0 atom stereocenters. The summed E-state index contributed by atoms with van der Waals surface area (Å²) in [4.78, 5) is 11.8. The molecule has 20 heavy (non-hydrogen) atoms. The second-order valence-electron chi connectivity index (χ2n) is 4.15. The number of hydrogen-bond donors (Lipinski definition) is 2. The lowest BCUT2D eigenvalue weighted by Crippen LogP contribution is -2.32. The molecule has 1 amide bonds. The van der Waals surface area contributed by atoms with Crippen LogP contribution >= 0.6 is 12.4 Å². The molecule has 5 nitrogen and oxygen atoms in total. The molecule has 0 saturated heterocycles. The van der Waals surface area contributed by atoms with E-state index >= 15 is 0 Å². The van der Waals surface area contributed by atoms with E-state index in [0.717, 1.165) is 17.5 Å². The van der Waals surface area contributed by atoms with Crippen molar-refractivity contribution in [1.82, 2.24) is 10.6 Å². The van der Waals surface area contributed by atoms with Crippen LogP contribution in [0.1, 0.15) is 10.6 Å². The predicted molar refractivity (Wildman–Crippen MR) is 80.5 cm³/mol. The second-order valence-corrected chi connectivity index (χ2v) is 4.15. The van der Waals surface area contributed by atoms with Crippen molar-refractivity contribution in [2.45, 2.75) is 0 Å². The third kappa shape index (κ3) is 4.52. The van der Waals surface area contributed by atoms with Crippen LogP contribution in [0.4, 0.5) is 0 Å². The van der Waals surface area contributed by atoms with Crippen molar-refractivity contribution in [3.63, 3.8) is 0 Å². The maximum atomic E-state index is 11.8. The van der Waals surface area contributed by atoms with Gasteiger partial charge in [-0.15, -0.1) is 12.4 Å². The van der Waals surface area contributed by atoms with Gasteiger partial charge in [0.15, 0.2) is 5.76 Å². The Morgan fingerprint density at radius 2 is 2.05 bits per heavy atom. The number of para-hydroxylation sites is 1. The van der Waals surface area contributed by atoms with E-state index in [4.69, 9.17) is 9.15 Å². The fourth-order valence-electron chi connectivity index (χ4n) is 1.74. The average molecular weight is 299 g/mol. The number of nitrogens with one attached hydrogen (secondary N) is 2. The van der Waals surface area contributed by atoms with Crippen molar-refractivity contribution in [3.05, 3.63) is 36.1 Å². The number of amides is 1. The molecular weight excluding hydrogens is 280 g/mol. The maximum absolute atomic E-state index is 11.8. The number of methoxy groups -OCH3 is 1. The van der Waals surface area contributed by atoms with E-state index in [1.807, 2.05) is 24.3 Å². The minimum absolute atomic E-state index is 0. The van der Waals surface area contributed by atoms with Gasteiger partial charge in [0, 0.05) is 32.1 Å². The molecule has 0 spiro atoms.